The molecule has 20 heavy (non-hydrogen) atoms. The Bertz CT molecular complexity index is 439. The molecule has 0 aliphatic heterocycles. The van der Waals surface area contributed by atoms with E-state index in [1.807, 2.05) is 0 Å². The van der Waals surface area contributed by atoms with E-state index in [9.17, 15) is 0 Å². The Balaban J connectivity index is 3.17. The van der Waals surface area contributed by atoms with Crippen molar-refractivity contribution in [3.05, 3.63) is 17.7 Å². The lowest BCUT2D eigenvalue weighted by atomic mass is 10.1. The highest BCUT2D eigenvalue weighted by Gasteiger charge is 2.19. The van der Waals surface area contributed by atoms with Gasteiger partial charge in [0.1, 0.15) is 6.61 Å². The first kappa shape index (κ1) is 16.2. The fourth-order valence-electron chi connectivity index (χ4n) is 1.90. The van der Waals surface area contributed by atoms with Gasteiger partial charge in [0, 0.05) is 13.0 Å². The van der Waals surface area contributed by atoms with Gasteiger partial charge in [-0.2, -0.15) is 0 Å². The summed E-state index contributed by atoms with van der Waals surface area (Å²) in [5, 5.41) is 9.13. The van der Waals surface area contributed by atoms with Crippen molar-refractivity contribution in [1.82, 2.24) is 0 Å². The summed E-state index contributed by atoms with van der Waals surface area (Å²) >= 11 is 0. The Morgan fingerprint density at radius 3 is 2.15 bits per heavy atom. The molecule has 1 atom stereocenters. The Labute approximate surface area is 119 Å². The van der Waals surface area contributed by atoms with E-state index in [1.54, 1.807) is 33.5 Å². The molecular weight excluding hydrogens is 260 g/mol. The van der Waals surface area contributed by atoms with Crippen LogP contribution in [-0.4, -0.2) is 39.6 Å². The van der Waals surface area contributed by atoms with E-state index in [0.717, 1.165) is 5.56 Å². The number of rotatable bonds is 8. The van der Waals surface area contributed by atoms with E-state index >= 15 is 0 Å². The summed E-state index contributed by atoms with van der Waals surface area (Å²) in [6.07, 6.45) is 5.30. The minimum atomic E-state index is -0.329. The zero-order chi connectivity index (χ0) is 15.0. The van der Waals surface area contributed by atoms with Crippen LogP contribution in [-0.2, 0) is 4.74 Å². The number of methoxy groups -OCH3 is 3. The first-order chi connectivity index (χ1) is 9.71. The molecule has 0 amide bonds. The molecule has 0 saturated carbocycles. The molecule has 0 aliphatic carbocycles. The predicted molar refractivity (Wildman–Crippen MR) is 75.3 cm³/mol. The average Bonchev–Trinajstić information content (AvgIpc) is 2.49. The van der Waals surface area contributed by atoms with Crippen LogP contribution in [0.4, 0.5) is 0 Å². The third kappa shape index (κ3) is 3.80. The molecule has 0 spiro atoms. The summed E-state index contributed by atoms with van der Waals surface area (Å²) in [6, 6.07) is 3.58. The highest BCUT2D eigenvalue weighted by molar-refractivity contribution is 5.54. The minimum absolute atomic E-state index is 0.00804. The van der Waals surface area contributed by atoms with E-state index in [4.69, 9.17) is 30.5 Å². The number of benzene rings is 1. The van der Waals surface area contributed by atoms with Crippen molar-refractivity contribution in [3.63, 3.8) is 0 Å². The average molecular weight is 280 g/mol. The second-order valence-electron chi connectivity index (χ2n) is 3.97. The van der Waals surface area contributed by atoms with Gasteiger partial charge < -0.3 is 24.1 Å². The molecule has 0 fully saturated rings. The second kappa shape index (κ2) is 8.31. The van der Waals surface area contributed by atoms with E-state index in [2.05, 4.69) is 5.92 Å². The van der Waals surface area contributed by atoms with Gasteiger partial charge in [0.25, 0.3) is 0 Å². The maximum absolute atomic E-state index is 9.13. The summed E-state index contributed by atoms with van der Waals surface area (Å²) in [7, 11) is 4.63. The fourth-order valence-corrected chi connectivity index (χ4v) is 1.90. The quantitative estimate of drug-likeness (QED) is 0.736. The van der Waals surface area contributed by atoms with Crippen molar-refractivity contribution in [2.75, 3.05) is 34.5 Å². The highest BCUT2D eigenvalue weighted by Crippen LogP contribution is 2.40. The predicted octanol–water partition coefficient (Wildman–Crippen LogP) is 1.79. The summed E-state index contributed by atoms with van der Waals surface area (Å²) in [5.41, 5.74) is 0.809. The van der Waals surface area contributed by atoms with Crippen LogP contribution in [0.15, 0.2) is 12.1 Å². The molecule has 1 aromatic carbocycles. The lowest BCUT2D eigenvalue weighted by Gasteiger charge is -2.19. The molecule has 0 unspecified atom stereocenters. The number of hydrogen-bond acceptors (Lipinski definition) is 5. The topological polar surface area (TPSA) is 57.2 Å². The summed E-state index contributed by atoms with van der Waals surface area (Å²) in [4.78, 5) is 0. The minimum Gasteiger partial charge on any atom is -0.493 e. The van der Waals surface area contributed by atoms with Crippen LogP contribution in [0, 0.1) is 12.3 Å². The Kier molecular flexibility index (Phi) is 6.71. The van der Waals surface area contributed by atoms with Gasteiger partial charge in [-0.1, -0.05) is 5.92 Å². The van der Waals surface area contributed by atoms with Crippen LogP contribution in [0.1, 0.15) is 18.1 Å². The Morgan fingerprint density at radius 2 is 1.75 bits per heavy atom. The summed E-state index contributed by atoms with van der Waals surface area (Å²) in [6.45, 7) is 0.160. The second-order valence-corrected chi connectivity index (χ2v) is 3.97. The SMILES string of the molecule is C#CCO[C@@H](CCO)c1cc(OC)c(OC)c(OC)c1. The van der Waals surface area contributed by atoms with E-state index in [1.165, 1.54) is 0 Å². The van der Waals surface area contributed by atoms with Gasteiger partial charge in [0.05, 0.1) is 27.4 Å². The zero-order valence-electron chi connectivity index (χ0n) is 12.0. The van der Waals surface area contributed by atoms with Gasteiger partial charge in [0.15, 0.2) is 11.5 Å². The first-order valence-corrected chi connectivity index (χ1v) is 6.17. The van der Waals surface area contributed by atoms with Crippen molar-refractivity contribution in [2.45, 2.75) is 12.5 Å². The molecule has 1 N–H and O–H groups in total. The Hall–Kier alpha value is -1.90. The van der Waals surface area contributed by atoms with E-state index in [0.29, 0.717) is 23.7 Å². The molecule has 0 saturated heterocycles. The van der Waals surface area contributed by atoms with Gasteiger partial charge in [-0.05, 0) is 17.7 Å². The summed E-state index contributed by atoms with van der Waals surface area (Å²) in [5.74, 6) is 4.00. The van der Waals surface area contributed by atoms with Crippen LogP contribution < -0.4 is 14.2 Å². The largest absolute Gasteiger partial charge is 0.493 e. The monoisotopic (exact) mass is 280 g/mol. The van der Waals surface area contributed by atoms with Crippen molar-refractivity contribution in [1.29, 1.82) is 0 Å². The third-order valence-electron chi connectivity index (χ3n) is 2.82. The molecular formula is C15H20O5. The molecule has 1 aromatic rings. The van der Waals surface area contributed by atoms with Crippen molar-refractivity contribution < 1.29 is 24.1 Å². The lowest BCUT2D eigenvalue weighted by Crippen LogP contribution is -2.08. The van der Waals surface area contributed by atoms with Gasteiger partial charge >= 0.3 is 0 Å². The maximum atomic E-state index is 9.13. The maximum Gasteiger partial charge on any atom is 0.203 e. The van der Waals surface area contributed by atoms with Gasteiger partial charge in [-0.15, -0.1) is 6.42 Å². The smallest absolute Gasteiger partial charge is 0.203 e. The van der Waals surface area contributed by atoms with Crippen molar-refractivity contribution in [2.24, 2.45) is 0 Å². The molecule has 0 heterocycles. The van der Waals surface area contributed by atoms with Crippen molar-refractivity contribution >= 4 is 0 Å². The number of terminal acetylenes is 1. The van der Waals surface area contributed by atoms with Gasteiger partial charge in [-0.3, -0.25) is 0 Å². The fraction of sp³-hybridized carbons (Fsp3) is 0.467. The van der Waals surface area contributed by atoms with Crippen molar-refractivity contribution in [3.8, 4) is 29.6 Å². The van der Waals surface area contributed by atoms with Crippen LogP contribution in [0.25, 0.3) is 0 Å². The molecule has 0 radical (unpaired) electrons. The number of hydrogen-bond donors (Lipinski definition) is 1. The van der Waals surface area contributed by atoms with Crippen LogP contribution in [0.3, 0.4) is 0 Å². The third-order valence-corrected chi connectivity index (χ3v) is 2.82. The van der Waals surface area contributed by atoms with Crippen LogP contribution in [0.5, 0.6) is 17.2 Å². The van der Waals surface area contributed by atoms with Gasteiger partial charge in [-0.25, -0.2) is 0 Å². The van der Waals surface area contributed by atoms with Gasteiger partial charge in [0.2, 0.25) is 5.75 Å². The van der Waals surface area contributed by atoms with E-state index < -0.39 is 0 Å². The normalized spacial score (nSPS) is 11.6. The van der Waals surface area contributed by atoms with E-state index in [-0.39, 0.29) is 19.3 Å². The molecule has 1 rings (SSSR count). The number of ether oxygens (including phenoxy) is 4. The number of aliphatic hydroxyl groups is 1. The first-order valence-electron chi connectivity index (χ1n) is 6.17. The number of aliphatic hydroxyl groups excluding tert-OH is 1. The zero-order valence-corrected chi connectivity index (χ0v) is 12.0. The molecule has 110 valence electrons. The lowest BCUT2D eigenvalue weighted by molar-refractivity contribution is 0.0559. The molecule has 5 nitrogen and oxygen atoms in total. The standard InChI is InChI=1S/C15H20O5/c1-5-8-20-12(6-7-16)11-9-13(17-2)15(19-4)14(10-11)18-3/h1,9-10,12,16H,6-8H2,2-4H3/t12-/m0/s1. The molecule has 0 aromatic heterocycles. The van der Waals surface area contributed by atoms with Crippen LogP contribution in [0.2, 0.25) is 0 Å². The molecule has 0 aliphatic rings. The Morgan fingerprint density at radius 1 is 1.15 bits per heavy atom. The molecule has 5 heteroatoms. The summed E-state index contributed by atoms with van der Waals surface area (Å²) < 4.78 is 21.4. The highest BCUT2D eigenvalue weighted by atomic mass is 16.5. The molecule has 0 bridgehead atoms. The van der Waals surface area contributed by atoms with Crippen LogP contribution >= 0.6 is 0 Å².